The van der Waals surface area contributed by atoms with Crippen molar-refractivity contribution in [1.82, 2.24) is 14.8 Å². The Morgan fingerprint density at radius 1 is 0.967 bits per heavy atom. The number of nitrogens with two attached hydrogens (primary N) is 1. The summed E-state index contributed by atoms with van der Waals surface area (Å²) in [5.74, 6) is 1.27. The lowest BCUT2D eigenvalue weighted by atomic mass is 10.1. The van der Waals surface area contributed by atoms with E-state index in [4.69, 9.17) is 27.4 Å². The summed E-state index contributed by atoms with van der Waals surface area (Å²) in [5.41, 5.74) is 11.4. The first-order valence-corrected chi connectivity index (χ1v) is 11.5. The number of nitrogens with zero attached hydrogens (tertiary/aromatic N) is 3. The van der Waals surface area contributed by atoms with Crippen LogP contribution in [0.1, 0.15) is 5.69 Å². The summed E-state index contributed by atoms with van der Waals surface area (Å²) < 4.78 is 3.97. The molecule has 2 heterocycles. The second-order valence-corrected chi connectivity index (χ2v) is 9.39. The van der Waals surface area contributed by atoms with Gasteiger partial charge in [0.1, 0.15) is 5.82 Å². The fraction of sp³-hybridized carbons (Fsp3) is 0.0435. The van der Waals surface area contributed by atoms with Crippen LogP contribution >= 0.6 is 34.7 Å². The number of halogens is 1. The topological polar surface area (TPSA) is 56.7 Å². The first-order valence-electron chi connectivity index (χ1n) is 9.36. The summed E-state index contributed by atoms with van der Waals surface area (Å²) in [6, 6.07) is 25.9. The van der Waals surface area contributed by atoms with Gasteiger partial charge in [0.2, 0.25) is 0 Å². The second kappa shape index (κ2) is 8.14. The molecule has 7 heteroatoms. The molecule has 5 rings (SSSR count). The van der Waals surface area contributed by atoms with Crippen molar-refractivity contribution in [3.63, 3.8) is 0 Å². The van der Waals surface area contributed by atoms with Crippen molar-refractivity contribution in [2.45, 2.75) is 10.1 Å². The van der Waals surface area contributed by atoms with Gasteiger partial charge in [-0.1, -0.05) is 71.9 Å². The molecule has 0 spiro atoms. The Morgan fingerprint density at radius 3 is 2.57 bits per heavy atom. The molecule has 0 atom stereocenters. The third-order valence-electron chi connectivity index (χ3n) is 4.72. The zero-order chi connectivity index (χ0) is 20.5. The molecule has 148 valence electrons. The SMILES string of the molecule is Nc1c(-c2ccccc2)c(CSc2nc3ccccc3s2)nn1-c1cccc(Cl)c1. The second-order valence-electron chi connectivity index (χ2n) is 6.70. The average Bonchev–Trinajstić information content (AvgIpc) is 3.33. The van der Waals surface area contributed by atoms with E-state index in [1.807, 2.05) is 60.7 Å². The highest BCUT2D eigenvalue weighted by Gasteiger charge is 2.19. The Kier molecular flexibility index (Phi) is 5.21. The summed E-state index contributed by atoms with van der Waals surface area (Å²) in [4.78, 5) is 4.73. The van der Waals surface area contributed by atoms with Crippen molar-refractivity contribution in [2.75, 3.05) is 5.73 Å². The van der Waals surface area contributed by atoms with E-state index in [1.165, 1.54) is 4.70 Å². The third-order valence-corrected chi connectivity index (χ3v) is 7.14. The van der Waals surface area contributed by atoms with E-state index in [0.717, 1.165) is 32.4 Å². The predicted molar refractivity (Wildman–Crippen MR) is 128 cm³/mol. The van der Waals surface area contributed by atoms with E-state index >= 15 is 0 Å². The van der Waals surface area contributed by atoms with Gasteiger partial charge in [-0.3, -0.25) is 0 Å². The van der Waals surface area contributed by atoms with E-state index in [9.17, 15) is 0 Å². The zero-order valence-electron chi connectivity index (χ0n) is 15.8. The van der Waals surface area contributed by atoms with Gasteiger partial charge >= 0.3 is 0 Å². The number of fused-ring (bicyclic) bond motifs is 1. The van der Waals surface area contributed by atoms with Gasteiger partial charge in [-0.15, -0.1) is 11.3 Å². The summed E-state index contributed by atoms with van der Waals surface area (Å²) in [6.45, 7) is 0. The van der Waals surface area contributed by atoms with Gasteiger partial charge in [-0.05, 0) is 35.9 Å². The minimum Gasteiger partial charge on any atom is -0.383 e. The minimum absolute atomic E-state index is 0.600. The molecule has 0 radical (unpaired) electrons. The standard InChI is InChI=1S/C23H17ClN4S2/c24-16-9-6-10-17(13-16)28-22(25)21(15-7-2-1-3-8-15)19(27-28)14-29-23-26-18-11-4-5-12-20(18)30-23/h1-13H,14,25H2. The van der Waals surface area contributed by atoms with Crippen LogP contribution in [0.2, 0.25) is 5.02 Å². The molecule has 0 fully saturated rings. The molecule has 0 saturated heterocycles. The highest BCUT2D eigenvalue weighted by atomic mass is 35.5. The molecule has 0 unspecified atom stereocenters. The molecule has 0 amide bonds. The lowest BCUT2D eigenvalue weighted by Gasteiger charge is -2.06. The monoisotopic (exact) mass is 448 g/mol. The number of nitrogen functional groups attached to an aromatic ring is 1. The Hall–Kier alpha value is -2.80. The number of thioether (sulfide) groups is 1. The van der Waals surface area contributed by atoms with E-state index < -0.39 is 0 Å². The zero-order valence-corrected chi connectivity index (χ0v) is 18.2. The van der Waals surface area contributed by atoms with Crippen molar-refractivity contribution in [3.05, 3.63) is 89.6 Å². The summed E-state index contributed by atoms with van der Waals surface area (Å²) >= 11 is 9.57. The molecule has 2 N–H and O–H groups in total. The largest absolute Gasteiger partial charge is 0.383 e. The quantitative estimate of drug-likeness (QED) is 0.305. The third kappa shape index (κ3) is 3.69. The molecule has 2 aromatic heterocycles. The van der Waals surface area contributed by atoms with Crippen LogP contribution in [0.3, 0.4) is 0 Å². The van der Waals surface area contributed by atoms with Gasteiger partial charge in [0.05, 0.1) is 21.6 Å². The first-order chi connectivity index (χ1) is 14.7. The number of benzene rings is 3. The number of para-hydroxylation sites is 1. The van der Waals surface area contributed by atoms with E-state index in [1.54, 1.807) is 27.8 Å². The van der Waals surface area contributed by atoms with Crippen LogP contribution in [0.15, 0.2) is 83.2 Å². The highest BCUT2D eigenvalue weighted by Crippen LogP contribution is 2.37. The van der Waals surface area contributed by atoms with Crippen molar-refractivity contribution in [3.8, 4) is 16.8 Å². The Morgan fingerprint density at radius 2 is 1.77 bits per heavy atom. The van der Waals surface area contributed by atoms with Crippen molar-refractivity contribution < 1.29 is 0 Å². The number of rotatable bonds is 5. The molecule has 5 aromatic rings. The van der Waals surface area contributed by atoms with Crippen molar-refractivity contribution >= 4 is 50.7 Å². The van der Waals surface area contributed by atoms with Crippen LogP contribution in [0.25, 0.3) is 27.0 Å². The Labute approximate surface area is 187 Å². The summed E-state index contributed by atoms with van der Waals surface area (Å²) in [6.07, 6.45) is 0. The van der Waals surface area contributed by atoms with Gasteiger partial charge in [-0.2, -0.15) is 5.10 Å². The van der Waals surface area contributed by atoms with Crippen molar-refractivity contribution in [2.24, 2.45) is 0 Å². The van der Waals surface area contributed by atoms with E-state index in [2.05, 4.69) is 18.2 Å². The van der Waals surface area contributed by atoms with Gasteiger partial charge in [-0.25, -0.2) is 9.67 Å². The van der Waals surface area contributed by atoms with Gasteiger partial charge in [0.15, 0.2) is 4.34 Å². The van der Waals surface area contributed by atoms with Crippen LogP contribution in [0.5, 0.6) is 0 Å². The smallest absolute Gasteiger partial charge is 0.151 e. The number of thiazole rings is 1. The maximum atomic E-state index is 6.58. The van der Waals surface area contributed by atoms with E-state index in [0.29, 0.717) is 16.6 Å². The van der Waals surface area contributed by atoms with Crippen LogP contribution < -0.4 is 5.73 Å². The van der Waals surface area contributed by atoms with Crippen LogP contribution in [0, 0.1) is 0 Å². The molecule has 0 aliphatic rings. The predicted octanol–water partition coefficient (Wildman–Crippen LogP) is 6.68. The number of hydrogen-bond acceptors (Lipinski definition) is 5. The minimum atomic E-state index is 0.600. The lowest BCUT2D eigenvalue weighted by molar-refractivity contribution is 0.869. The molecule has 30 heavy (non-hydrogen) atoms. The average molecular weight is 449 g/mol. The van der Waals surface area contributed by atoms with E-state index in [-0.39, 0.29) is 0 Å². The van der Waals surface area contributed by atoms with Crippen LogP contribution in [-0.4, -0.2) is 14.8 Å². The normalized spacial score (nSPS) is 11.2. The van der Waals surface area contributed by atoms with Gasteiger partial charge < -0.3 is 5.73 Å². The molecule has 0 saturated carbocycles. The molecule has 0 aliphatic heterocycles. The molecule has 3 aromatic carbocycles. The Bertz CT molecular complexity index is 1290. The maximum absolute atomic E-state index is 6.58. The molecule has 0 bridgehead atoms. The molecule has 4 nitrogen and oxygen atoms in total. The number of aromatic nitrogens is 3. The fourth-order valence-corrected chi connectivity index (χ4v) is 5.53. The molecule has 0 aliphatic carbocycles. The number of anilines is 1. The highest BCUT2D eigenvalue weighted by molar-refractivity contribution is 8.00. The number of hydrogen-bond donors (Lipinski definition) is 1. The van der Waals surface area contributed by atoms with Crippen LogP contribution in [-0.2, 0) is 5.75 Å². The molecular formula is C23H17ClN4S2. The fourth-order valence-electron chi connectivity index (χ4n) is 3.35. The van der Waals surface area contributed by atoms with Crippen molar-refractivity contribution in [1.29, 1.82) is 0 Å². The maximum Gasteiger partial charge on any atom is 0.151 e. The lowest BCUT2D eigenvalue weighted by Crippen LogP contribution is -2.02. The summed E-state index contributed by atoms with van der Waals surface area (Å²) in [5, 5.41) is 5.50. The van der Waals surface area contributed by atoms with Crippen LogP contribution in [0.4, 0.5) is 5.82 Å². The van der Waals surface area contributed by atoms with Gasteiger partial charge in [0.25, 0.3) is 0 Å². The van der Waals surface area contributed by atoms with Gasteiger partial charge in [0, 0.05) is 16.3 Å². The summed E-state index contributed by atoms with van der Waals surface area (Å²) in [7, 11) is 0. The molecular weight excluding hydrogens is 432 g/mol. The first kappa shape index (κ1) is 19.2. The Balaban J connectivity index is 1.55.